The Hall–Kier alpha value is -3.05. The minimum Gasteiger partial charge on any atom is -0.495 e. The molecule has 2 aromatic heterocycles. The number of benzene rings is 1. The lowest BCUT2D eigenvalue weighted by Gasteiger charge is -2.40. The van der Waals surface area contributed by atoms with Gasteiger partial charge in [-0.3, -0.25) is 4.84 Å². The summed E-state index contributed by atoms with van der Waals surface area (Å²) < 4.78 is 46.0. The smallest absolute Gasteiger partial charge is 0.453 e. The molecule has 1 aliphatic heterocycles. The fourth-order valence-corrected chi connectivity index (χ4v) is 5.01. The van der Waals surface area contributed by atoms with E-state index < -0.39 is 17.6 Å². The van der Waals surface area contributed by atoms with E-state index in [1.165, 1.54) is 18.7 Å². The molecule has 3 heterocycles. The molecule has 0 unspecified atom stereocenters. The monoisotopic (exact) mass is 460 g/mol. The molecule has 1 spiro atoms. The van der Waals surface area contributed by atoms with Crippen molar-refractivity contribution >= 4 is 0 Å². The number of rotatable bonds is 4. The van der Waals surface area contributed by atoms with E-state index in [1.54, 1.807) is 6.07 Å². The van der Waals surface area contributed by atoms with E-state index in [0.29, 0.717) is 22.5 Å². The number of hydroxylamine groups is 1. The van der Waals surface area contributed by atoms with E-state index >= 15 is 0 Å². The zero-order valence-corrected chi connectivity index (χ0v) is 17.9. The minimum absolute atomic E-state index is 0.0471. The fraction of sp³-hybridized carbons (Fsp3) is 0.455. The quantitative estimate of drug-likeness (QED) is 0.626. The van der Waals surface area contributed by atoms with Gasteiger partial charge < -0.3 is 4.74 Å². The highest BCUT2D eigenvalue weighted by molar-refractivity contribution is 5.38. The molecule has 11 heteroatoms. The third kappa shape index (κ3) is 3.95. The molecular weight excluding hydrogens is 437 g/mol. The van der Waals surface area contributed by atoms with Crippen LogP contribution in [-0.4, -0.2) is 37.9 Å². The van der Waals surface area contributed by atoms with E-state index in [9.17, 15) is 13.2 Å². The van der Waals surface area contributed by atoms with Crippen molar-refractivity contribution in [3.05, 3.63) is 59.5 Å². The van der Waals surface area contributed by atoms with Crippen molar-refractivity contribution < 1.29 is 22.7 Å². The van der Waals surface area contributed by atoms with Crippen LogP contribution in [0.15, 0.2) is 42.5 Å². The largest absolute Gasteiger partial charge is 0.495 e. The van der Waals surface area contributed by atoms with Crippen LogP contribution in [0.5, 0.6) is 5.75 Å². The molecule has 1 saturated heterocycles. The summed E-state index contributed by atoms with van der Waals surface area (Å²) in [5.74, 6) is -0.634. The summed E-state index contributed by atoms with van der Waals surface area (Å²) in [7, 11) is 1.50. The molecule has 33 heavy (non-hydrogen) atoms. The molecule has 8 nitrogen and oxygen atoms in total. The molecule has 174 valence electrons. The van der Waals surface area contributed by atoms with E-state index in [4.69, 9.17) is 9.57 Å². The van der Waals surface area contributed by atoms with Gasteiger partial charge in [0, 0.05) is 12.3 Å². The van der Waals surface area contributed by atoms with Crippen molar-refractivity contribution in [1.29, 1.82) is 0 Å². The minimum atomic E-state index is -4.71. The summed E-state index contributed by atoms with van der Waals surface area (Å²) in [4.78, 5) is 10.7. The highest BCUT2D eigenvalue weighted by Gasteiger charge is 2.50. The van der Waals surface area contributed by atoms with Crippen LogP contribution < -0.4 is 10.2 Å². The Kier molecular flexibility index (Phi) is 5.53. The summed E-state index contributed by atoms with van der Waals surface area (Å²) in [5.41, 5.74) is 4.34. The molecule has 1 aromatic carbocycles. The number of methoxy groups -OCH3 is 1. The van der Waals surface area contributed by atoms with Gasteiger partial charge >= 0.3 is 6.18 Å². The first kappa shape index (κ1) is 21.8. The van der Waals surface area contributed by atoms with Crippen molar-refractivity contribution in [1.82, 2.24) is 30.7 Å². The molecule has 0 radical (unpaired) electrons. The van der Waals surface area contributed by atoms with Crippen molar-refractivity contribution in [2.45, 2.75) is 55.8 Å². The summed E-state index contributed by atoms with van der Waals surface area (Å²) in [6.45, 7) is 0. The lowest BCUT2D eigenvalue weighted by molar-refractivity contribution is -0.146. The first-order valence-corrected chi connectivity index (χ1v) is 10.8. The number of halogens is 3. The Morgan fingerprint density at radius 3 is 2.73 bits per heavy atom. The number of ether oxygens (including phenoxy) is 1. The maximum absolute atomic E-state index is 13.3. The van der Waals surface area contributed by atoms with Crippen LogP contribution in [0.3, 0.4) is 0 Å². The topological polar surface area (TPSA) is 87.0 Å². The van der Waals surface area contributed by atoms with Gasteiger partial charge in [0.05, 0.1) is 18.8 Å². The van der Waals surface area contributed by atoms with Crippen molar-refractivity contribution in [2.24, 2.45) is 0 Å². The van der Waals surface area contributed by atoms with Gasteiger partial charge in [-0.15, -0.1) is 5.10 Å². The number of nitrogens with zero attached hydrogens (tertiary/aromatic N) is 5. The number of hydrogen-bond donors (Lipinski definition) is 1. The summed E-state index contributed by atoms with van der Waals surface area (Å²) in [5, 5.41) is 9.78. The predicted molar refractivity (Wildman–Crippen MR) is 110 cm³/mol. The molecule has 2 fully saturated rings. The lowest BCUT2D eigenvalue weighted by Crippen LogP contribution is -2.39. The van der Waals surface area contributed by atoms with Crippen LogP contribution in [0.1, 0.15) is 61.1 Å². The Morgan fingerprint density at radius 2 is 1.97 bits per heavy atom. The van der Waals surface area contributed by atoms with Crippen LogP contribution in [-0.2, 0) is 11.0 Å². The molecule has 3 aromatic rings. The number of hydrogen-bond acceptors (Lipinski definition) is 7. The van der Waals surface area contributed by atoms with Gasteiger partial charge in [0.25, 0.3) is 5.82 Å². The van der Waals surface area contributed by atoms with Crippen molar-refractivity contribution in [3.8, 4) is 11.6 Å². The second-order valence-corrected chi connectivity index (χ2v) is 8.42. The summed E-state index contributed by atoms with van der Waals surface area (Å²) in [6, 6.07) is 12.9. The zero-order chi connectivity index (χ0) is 23.1. The van der Waals surface area contributed by atoms with Crippen LogP contribution in [0.4, 0.5) is 13.2 Å². The van der Waals surface area contributed by atoms with Gasteiger partial charge in [0.1, 0.15) is 11.4 Å². The van der Waals surface area contributed by atoms with Gasteiger partial charge in [0.15, 0.2) is 5.82 Å². The van der Waals surface area contributed by atoms with E-state index in [1.807, 2.05) is 18.2 Å². The normalized spacial score (nSPS) is 25.5. The van der Waals surface area contributed by atoms with Gasteiger partial charge in [-0.2, -0.15) is 23.3 Å². The molecule has 1 aliphatic carbocycles. The van der Waals surface area contributed by atoms with Crippen molar-refractivity contribution in [2.75, 3.05) is 7.11 Å². The highest BCUT2D eigenvalue weighted by Crippen LogP contribution is 2.51. The molecule has 1 N–H and O–H groups in total. The second kappa shape index (κ2) is 8.38. The van der Waals surface area contributed by atoms with Gasteiger partial charge in [-0.05, 0) is 41.0 Å². The molecule has 1 saturated carbocycles. The third-order valence-electron chi connectivity index (χ3n) is 6.50. The fourth-order valence-electron chi connectivity index (χ4n) is 5.01. The Balaban J connectivity index is 1.49. The first-order valence-electron chi connectivity index (χ1n) is 10.8. The summed E-state index contributed by atoms with van der Waals surface area (Å²) in [6.07, 6.45) is -0.0597. The lowest BCUT2D eigenvalue weighted by atomic mass is 9.69. The summed E-state index contributed by atoms with van der Waals surface area (Å²) >= 11 is 0. The standard InChI is InChI=1S/C22H23F3N6O2/c1-32-17-10-11-18(31-20(22(23,24)25)27-29-30-31)26-19(17)16-13-21(33-28-16)12-6-5-9-15(21)14-7-3-2-4-8-14/h2-4,7-8,10-11,15-16,28H,5-6,9,12-13H2,1H3/t15-,16-,21+/m0/s1. The number of nitrogens with one attached hydrogen (secondary N) is 1. The van der Waals surface area contributed by atoms with Gasteiger partial charge in [-0.1, -0.05) is 43.2 Å². The van der Waals surface area contributed by atoms with E-state index in [-0.39, 0.29) is 17.8 Å². The van der Waals surface area contributed by atoms with E-state index in [0.717, 1.165) is 25.7 Å². The molecular formula is C22H23F3N6O2. The maximum Gasteiger partial charge on any atom is 0.453 e. The van der Waals surface area contributed by atoms with Gasteiger partial charge in [-0.25, -0.2) is 4.98 Å². The molecule has 5 rings (SSSR count). The Labute approximate surface area is 188 Å². The third-order valence-corrected chi connectivity index (χ3v) is 6.50. The van der Waals surface area contributed by atoms with Crippen LogP contribution >= 0.6 is 0 Å². The predicted octanol–water partition coefficient (Wildman–Crippen LogP) is 4.15. The molecule has 2 aliphatic rings. The molecule has 0 amide bonds. The van der Waals surface area contributed by atoms with Crippen LogP contribution in [0.25, 0.3) is 5.82 Å². The number of tetrazole rings is 1. The highest BCUT2D eigenvalue weighted by atomic mass is 19.4. The molecule has 3 atom stereocenters. The van der Waals surface area contributed by atoms with Crippen LogP contribution in [0.2, 0.25) is 0 Å². The Bertz CT molecular complexity index is 1120. The van der Waals surface area contributed by atoms with E-state index in [2.05, 4.69) is 38.1 Å². The Morgan fingerprint density at radius 1 is 1.15 bits per heavy atom. The average Bonchev–Trinajstić information content (AvgIpc) is 3.48. The zero-order valence-electron chi connectivity index (χ0n) is 17.9. The SMILES string of the molecule is COc1ccc(-n2nnnc2C(F)(F)F)nc1[C@@H]1C[C@@]2(CCCC[C@H]2c2ccccc2)ON1. The number of pyridine rings is 1. The number of alkyl halides is 3. The van der Waals surface area contributed by atoms with Crippen molar-refractivity contribution in [3.63, 3.8) is 0 Å². The molecule has 0 bridgehead atoms. The second-order valence-electron chi connectivity index (χ2n) is 8.42. The first-order chi connectivity index (χ1) is 15.9. The maximum atomic E-state index is 13.3. The number of aromatic nitrogens is 5. The van der Waals surface area contributed by atoms with Gasteiger partial charge in [0.2, 0.25) is 0 Å². The van der Waals surface area contributed by atoms with Crippen LogP contribution in [0, 0.1) is 0 Å². The average molecular weight is 460 g/mol.